The zero-order valence-electron chi connectivity index (χ0n) is 9.74. The first-order valence-electron chi connectivity index (χ1n) is 6.02. The number of nitrogens with zero attached hydrogens (tertiary/aromatic N) is 2. The van der Waals surface area contributed by atoms with Crippen LogP contribution in [0.3, 0.4) is 0 Å². The first-order chi connectivity index (χ1) is 8.74. The van der Waals surface area contributed by atoms with Gasteiger partial charge in [0.2, 0.25) is 0 Å². The molecular weight excluding hydrogens is 312 g/mol. The van der Waals surface area contributed by atoms with Crippen LogP contribution in [0.1, 0.15) is 31.0 Å². The first kappa shape index (κ1) is 12.1. The monoisotopic (exact) mass is 322 g/mol. The van der Waals surface area contributed by atoms with Crippen molar-refractivity contribution in [3.63, 3.8) is 0 Å². The van der Waals surface area contributed by atoms with Crippen LogP contribution in [-0.4, -0.2) is 9.97 Å². The summed E-state index contributed by atoms with van der Waals surface area (Å²) in [5, 5.41) is 1.45. The van der Waals surface area contributed by atoms with Crippen LogP contribution < -0.4 is 0 Å². The van der Waals surface area contributed by atoms with Crippen molar-refractivity contribution in [2.75, 3.05) is 0 Å². The summed E-state index contributed by atoms with van der Waals surface area (Å²) in [6.45, 7) is 0. The summed E-state index contributed by atoms with van der Waals surface area (Å²) in [5.41, 5.74) is 0.919. The fourth-order valence-corrected chi connectivity index (χ4v) is 2.89. The van der Waals surface area contributed by atoms with Crippen molar-refractivity contribution in [2.45, 2.75) is 25.2 Å². The fourth-order valence-electron chi connectivity index (χ4n) is 2.29. The molecule has 1 unspecified atom stereocenters. The molecule has 2 aromatic rings. The van der Waals surface area contributed by atoms with E-state index in [4.69, 9.17) is 11.6 Å². The van der Waals surface area contributed by atoms with Crippen LogP contribution >= 0.6 is 27.5 Å². The highest BCUT2D eigenvalue weighted by atomic mass is 79.9. The normalized spacial score (nSPS) is 19.3. The van der Waals surface area contributed by atoms with Crippen molar-refractivity contribution in [1.29, 1.82) is 0 Å². The van der Waals surface area contributed by atoms with Crippen molar-refractivity contribution in [2.24, 2.45) is 0 Å². The lowest BCUT2D eigenvalue weighted by molar-refractivity contribution is 0.585. The average Bonchev–Trinajstić information content (AvgIpc) is 2.40. The van der Waals surface area contributed by atoms with Crippen LogP contribution in [0.25, 0.3) is 10.9 Å². The van der Waals surface area contributed by atoms with Crippen LogP contribution in [0.4, 0.5) is 0 Å². The standard InChI is InChI=1S/C14H12BrClN2/c15-10-6-7-12-11(8-10)13(16)18-14(17-12)9-4-2-1-3-5-9/h1-2,6-9H,3-5H2. The van der Waals surface area contributed by atoms with Gasteiger partial charge in [0.25, 0.3) is 0 Å². The molecule has 0 saturated heterocycles. The summed E-state index contributed by atoms with van der Waals surface area (Å²) in [7, 11) is 0. The minimum Gasteiger partial charge on any atom is -0.232 e. The molecule has 1 atom stereocenters. The highest BCUT2D eigenvalue weighted by Crippen LogP contribution is 2.30. The maximum absolute atomic E-state index is 6.26. The Morgan fingerprint density at radius 1 is 1.22 bits per heavy atom. The second-order valence-corrected chi connectivity index (χ2v) is 5.79. The molecule has 0 saturated carbocycles. The minimum absolute atomic E-state index is 0.403. The number of hydrogen-bond donors (Lipinski definition) is 0. The zero-order valence-corrected chi connectivity index (χ0v) is 12.1. The zero-order chi connectivity index (χ0) is 12.5. The molecule has 0 bridgehead atoms. The number of allylic oxidation sites excluding steroid dienone is 2. The number of rotatable bonds is 1. The van der Waals surface area contributed by atoms with E-state index in [0.717, 1.165) is 40.5 Å². The van der Waals surface area contributed by atoms with Gasteiger partial charge >= 0.3 is 0 Å². The summed E-state index contributed by atoms with van der Waals surface area (Å²) in [6, 6.07) is 5.92. The number of fused-ring (bicyclic) bond motifs is 1. The molecule has 0 N–H and O–H groups in total. The molecule has 1 aliphatic rings. The van der Waals surface area contributed by atoms with E-state index >= 15 is 0 Å². The fraction of sp³-hybridized carbons (Fsp3) is 0.286. The summed E-state index contributed by atoms with van der Waals surface area (Å²) in [6.07, 6.45) is 7.64. The largest absolute Gasteiger partial charge is 0.232 e. The predicted octanol–water partition coefficient (Wildman–Crippen LogP) is 4.87. The average molecular weight is 324 g/mol. The Balaban J connectivity index is 2.09. The van der Waals surface area contributed by atoms with Crippen molar-refractivity contribution in [3.8, 4) is 0 Å². The molecule has 1 aromatic heterocycles. The molecule has 0 radical (unpaired) electrons. The van der Waals surface area contributed by atoms with Gasteiger partial charge in [0.1, 0.15) is 11.0 Å². The quantitative estimate of drug-likeness (QED) is 0.553. The molecular formula is C14H12BrClN2. The van der Waals surface area contributed by atoms with Gasteiger partial charge in [-0.2, -0.15) is 0 Å². The van der Waals surface area contributed by atoms with Crippen molar-refractivity contribution in [1.82, 2.24) is 9.97 Å². The highest BCUT2D eigenvalue weighted by molar-refractivity contribution is 9.10. The molecule has 1 aliphatic carbocycles. The van der Waals surface area contributed by atoms with Crippen LogP contribution in [0.2, 0.25) is 5.15 Å². The smallest absolute Gasteiger partial charge is 0.140 e. The molecule has 0 fully saturated rings. The lowest BCUT2D eigenvalue weighted by atomic mass is 9.93. The Labute approximate surface area is 119 Å². The Hall–Kier alpha value is -0.930. The van der Waals surface area contributed by atoms with Crippen molar-refractivity contribution in [3.05, 3.63) is 45.8 Å². The van der Waals surface area contributed by atoms with E-state index in [0.29, 0.717) is 11.1 Å². The van der Waals surface area contributed by atoms with Crippen LogP contribution in [0, 0.1) is 0 Å². The second-order valence-electron chi connectivity index (χ2n) is 4.52. The molecule has 4 heteroatoms. The third-order valence-electron chi connectivity index (χ3n) is 3.26. The van der Waals surface area contributed by atoms with E-state index in [2.05, 4.69) is 38.0 Å². The third-order valence-corrected chi connectivity index (χ3v) is 4.04. The van der Waals surface area contributed by atoms with E-state index in [1.807, 2.05) is 18.2 Å². The van der Waals surface area contributed by atoms with Gasteiger partial charge in [0, 0.05) is 15.8 Å². The lowest BCUT2D eigenvalue weighted by Gasteiger charge is -2.16. The topological polar surface area (TPSA) is 25.8 Å². The van der Waals surface area contributed by atoms with Gasteiger partial charge in [0.15, 0.2) is 0 Å². The van der Waals surface area contributed by atoms with E-state index in [-0.39, 0.29) is 0 Å². The van der Waals surface area contributed by atoms with Gasteiger partial charge in [-0.3, -0.25) is 0 Å². The van der Waals surface area contributed by atoms with E-state index in [1.54, 1.807) is 0 Å². The summed E-state index contributed by atoms with van der Waals surface area (Å²) < 4.78 is 0.994. The summed E-state index contributed by atoms with van der Waals surface area (Å²) >= 11 is 9.70. The van der Waals surface area contributed by atoms with Crippen LogP contribution in [0.15, 0.2) is 34.8 Å². The highest BCUT2D eigenvalue weighted by Gasteiger charge is 2.17. The minimum atomic E-state index is 0.403. The number of benzene rings is 1. The van der Waals surface area contributed by atoms with Gasteiger partial charge in [-0.25, -0.2) is 9.97 Å². The van der Waals surface area contributed by atoms with Crippen molar-refractivity contribution >= 4 is 38.4 Å². The SMILES string of the molecule is Clc1nc(C2CC=CCC2)nc2ccc(Br)cc12. The molecule has 2 nitrogen and oxygen atoms in total. The second kappa shape index (κ2) is 4.98. The molecule has 0 spiro atoms. The van der Waals surface area contributed by atoms with E-state index in [9.17, 15) is 0 Å². The molecule has 1 aromatic carbocycles. The molecule has 92 valence electrons. The van der Waals surface area contributed by atoms with Gasteiger partial charge in [0.05, 0.1) is 5.52 Å². The maximum Gasteiger partial charge on any atom is 0.140 e. The van der Waals surface area contributed by atoms with E-state index < -0.39 is 0 Å². The number of aromatic nitrogens is 2. The Kier molecular flexibility index (Phi) is 3.35. The lowest BCUT2D eigenvalue weighted by Crippen LogP contribution is -2.06. The van der Waals surface area contributed by atoms with Gasteiger partial charge in [-0.15, -0.1) is 0 Å². The van der Waals surface area contributed by atoms with Crippen LogP contribution in [-0.2, 0) is 0 Å². The number of hydrogen-bond acceptors (Lipinski definition) is 2. The predicted molar refractivity (Wildman–Crippen MR) is 78.0 cm³/mol. The first-order valence-corrected chi connectivity index (χ1v) is 7.19. The Bertz CT molecular complexity index is 624. The van der Waals surface area contributed by atoms with Gasteiger partial charge in [-0.1, -0.05) is 39.7 Å². The molecule has 1 heterocycles. The summed E-state index contributed by atoms with van der Waals surface area (Å²) in [5.74, 6) is 1.28. The molecule has 0 aliphatic heterocycles. The van der Waals surface area contributed by atoms with Crippen LogP contribution in [0.5, 0.6) is 0 Å². The van der Waals surface area contributed by atoms with Gasteiger partial charge in [-0.05, 0) is 37.5 Å². The Morgan fingerprint density at radius 2 is 2.11 bits per heavy atom. The van der Waals surface area contributed by atoms with E-state index in [1.165, 1.54) is 0 Å². The molecule has 18 heavy (non-hydrogen) atoms. The molecule has 3 rings (SSSR count). The summed E-state index contributed by atoms with van der Waals surface area (Å²) in [4.78, 5) is 9.12. The van der Waals surface area contributed by atoms with Gasteiger partial charge < -0.3 is 0 Å². The maximum atomic E-state index is 6.26. The Morgan fingerprint density at radius 3 is 2.89 bits per heavy atom. The van der Waals surface area contributed by atoms with Crippen molar-refractivity contribution < 1.29 is 0 Å². The molecule has 0 amide bonds. The number of halogens is 2. The third kappa shape index (κ3) is 2.29.